The molecule has 1 nitrogen and oxygen atoms in total. The maximum atomic E-state index is 11.8. The highest BCUT2D eigenvalue weighted by molar-refractivity contribution is 6.46. The summed E-state index contributed by atoms with van der Waals surface area (Å²) < 4.78 is 35.4. The van der Waals surface area contributed by atoms with Crippen molar-refractivity contribution in [3.8, 4) is 0 Å². The van der Waals surface area contributed by atoms with Crippen LogP contribution in [0.25, 0.3) is 0 Å². The second-order valence-electron chi connectivity index (χ2n) is 2.35. The van der Waals surface area contributed by atoms with E-state index in [9.17, 15) is 18.0 Å². The van der Waals surface area contributed by atoms with Gasteiger partial charge in [-0.2, -0.15) is 13.2 Å². The van der Waals surface area contributed by atoms with E-state index in [1.165, 1.54) is 7.28 Å². The summed E-state index contributed by atoms with van der Waals surface area (Å²) in [5.74, 6) is -2.94. The standard InChI is InChI=1S/C6H8B2F3O/c1-2-8-4(3-7)5(12)6(9,10)11/h4H,2-3H2,1H3. The van der Waals surface area contributed by atoms with Crippen molar-refractivity contribution in [1.82, 2.24) is 0 Å². The lowest BCUT2D eigenvalue weighted by molar-refractivity contribution is -0.170. The summed E-state index contributed by atoms with van der Waals surface area (Å²) >= 11 is 0. The quantitative estimate of drug-likeness (QED) is 0.593. The number of carbonyl (C=O) groups is 1. The summed E-state index contributed by atoms with van der Waals surface area (Å²) in [6, 6.07) is 0. The SMILES string of the molecule is [B]CC([B]CC)C(=O)C(F)(F)F. The lowest BCUT2D eigenvalue weighted by Crippen LogP contribution is -2.29. The first-order valence-corrected chi connectivity index (χ1v) is 3.57. The van der Waals surface area contributed by atoms with Crippen LogP contribution < -0.4 is 0 Å². The second kappa shape index (κ2) is 4.58. The van der Waals surface area contributed by atoms with E-state index in [2.05, 4.69) is 0 Å². The lowest BCUT2D eigenvalue weighted by atomic mass is 9.56. The number of rotatable bonds is 4. The topological polar surface area (TPSA) is 17.1 Å². The maximum Gasteiger partial charge on any atom is 0.449 e. The van der Waals surface area contributed by atoms with Crippen LogP contribution in [0.1, 0.15) is 6.92 Å². The van der Waals surface area contributed by atoms with Gasteiger partial charge in [0.2, 0.25) is 5.78 Å². The van der Waals surface area contributed by atoms with E-state index in [-0.39, 0.29) is 6.32 Å². The molecule has 0 aromatic carbocycles. The van der Waals surface area contributed by atoms with Crippen LogP contribution in [-0.2, 0) is 4.79 Å². The van der Waals surface area contributed by atoms with E-state index in [0.29, 0.717) is 6.32 Å². The smallest absolute Gasteiger partial charge is 0.290 e. The first-order chi connectivity index (χ1) is 5.43. The number of ketones is 1. The van der Waals surface area contributed by atoms with Gasteiger partial charge in [0.1, 0.15) is 7.28 Å². The summed E-state index contributed by atoms with van der Waals surface area (Å²) in [5.41, 5.74) is 0. The number of hydrogen-bond donors (Lipinski definition) is 0. The molecule has 0 aromatic rings. The highest BCUT2D eigenvalue weighted by Crippen LogP contribution is 2.25. The van der Waals surface area contributed by atoms with E-state index in [4.69, 9.17) is 7.85 Å². The van der Waals surface area contributed by atoms with Crippen molar-refractivity contribution in [2.24, 2.45) is 0 Å². The van der Waals surface area contributed by atoms with Gasteiger partial charge in [-0.05, 0) is 5.82 Å². The Hall–Kier alpha value is -0.410. The summed E-state index contributed by atoms with van der Waals surface area (Å²) in [5, 5.41) is 0. The van der Waals surface area contributed by atoms with Crippen molar-refractivity contribution < 1.29 is 18.0 Å². The van der Waals surface area contributed by atoms with Gasteiger partial charge in [0.15, 0.2) is 0 Å². The van der Waals surface area contributed by atoms with Crippen molar-refractivity contribution in [3.05, 3.63) is 0 Å². The Morgan fingerprint density at radius 2 is 2.08 bits per heavy atom. The molecule has 0 spiro atoms. The molecule has 0 aliphatic carbocycles. The van der Waals surface area contributed by atoms with Gasteiger partial charge >= 0.3 is 6.18 Å². The fourth-order valence-corrected chi connectivity index (χ4v) is 0.805. The fraction of sp³-hybridized carbons (Fsp3) is 0.833. The van der Waals surface area contributed by atoms with Crippen LogP contribution in [0.2, 0.25) is 18.5 Å². The Labute approximate surface area is 71.4 Å². The molecule has 0 fully saturated rings. The number of Topliss-reactive ketones (excluding diaryl/α,β-unsaturated/α-hetero) is 1. The number of halogens is 3. The van der Waals surface area contributed by atoms with Gasteiger partial charge in [-0.1, -0.05) is 19.6 Å². The summed E-state index contributed by atoms with van der Waals surface area (Å²) in [6.45, 7) is 1.66. The Morgan fingerprint density at radius 1 is 1.58 bits per heavy atom. The lowest BCUT2D eigenvalue weighted by Gasteiger charge is -2.13. The van der Waals surface area contributed by atoms with Crippen molar-refractivity contribution in [2.75, 3.05) is 0 Å². The molecule has 1 unspecified atom stereocenters. The van der Waals surface area contributed by atoms with Gasteiger partial charge in [0, 0.05) is 0 Å². The number of hydrogen-bond acceptors (Lipinski definition) is 1. The predicted octanol–water partition coefficient (Wildman–Crippen LogP) is 1.64. The number of carbonyl (C=O) groups excluding carboxylic acids is 1. The molecule has 0 aromatic heterocycles. The normalized spacial score (nSPS) is 14.0. The van der Waals surface area contributed by atoms with E-state index < -0.39 is 17.8 Å². The third kappa shape index (κ3) is 3.32. The van der Waals surface area contributed by atoms with Gasteiger partial charge in [0.25, 0.3) is 0 Å². The molecule has 0 aliphatic rings. The second-order valence-corrected chi connectivity index (χ2v) is 2.35. The summed E-state index contributed by atoms with van der Waals surface area (Å²) in [4.78, 5) is 10.5. The predicted molar refractivity (Wildman–Crippen MR) is 41.6 cm³/mol. The van der Waals surface area contributed by atoms with Crippen molar-refractivity contribution in [2.45, 2.75) is 31.6 Å². The molecule has 12 heavy (non-hydrogen) atoms. The number of alkyl halides is 3. The highest BCUT2D eigenvalue weighted by atomic mass is 19.4. The molecular formula is C6H8B2F3O. The molecule has 0 heterocycles. The molecule has 0 aliphatic heterocycles. The summed E-state index contributed by atoms with van der Waals surface area (Å²) in [6.07, 6.45) is -4.65. The van der Waals surface area contributed by atoms with E-state index in [1.54, 1.807) is 6.92 Å². The fourth-order valence-electron chi connectivity index (χ4n) is 0.805. The Morgan fingerprint density at radius 3 is 2.33 bits per heavy atom. The molecule has 0 saturated heterocycles. The van der Waals surface area contributed by atoms with Crippen LogP contribution in [0.15, 0.2) is 0 Å². The minimum absolute atomic E-state index is 0.286. The Balaban J connectivity index is 4.22. The highest BCUT2D eigenvalue weighted by Gasteiger charge is 2.41. The van der Waals surface area contributed by atoms with Gasteiger partial charge in [0.05, 0.1) is 7.85 Å². The van der Waals surface area contributed by atoms with Crippen LogP contribution in [0.3, 0.4) is 0 Å². The van der Waals surface area contributed by atoms with Crippen molar-refractivity contribution in [3.63, 3.8) is 0 Å². The zero-order chi connectivity index (χ0) is 9.78. The maximum absolute atomic E-state index is 11.8. The minimum atomic E-state index is -4.77. The molecule has 3 radical (unpaired) electrons. The molecule has 0 bridgehead atoms. The van der Waals surface area contributed by atoms with Crippen LogP contribution in [-0.4, -0.2) is 27.1 Å². The first kappa shape index (κ1) is 11.6. The molecule has 1 atom stereocenters. The monoisotopic (exact) mass is 175 g/mol. The Kier molecular flexibility index (Phi) is 4.42. The summed E-state index contributed by atoms with van der Waals surface area (Å²) in [7, 11) is 6.28. The third-order valence-corrected chi connectivity index (χ3v) is 1.39. The van der Waals surface area contributed by atoms with Crippen LogP contribution in [0.5, 0.6) is 0 Å². The molecule has 0 amide bonds. The van der Waals surface area contributed by atoms with E-state index >= 15 is 0 Å². The van der Waals surface area contributed by atoms with E-state index in [0.717, 1.165) is 0 Å². The van der Waals surface area contributed by atoms with Gasteiger partial charge in [-0.15, -0.1) is 0 Å². The minimum Gasteiger partial charge on any atom is -0.290 e. The van der Waals surface area contributed by atoms with Crippen molar-refractivity contribution >= 4 is 20.9 Å². The van der Waals surface area contributed by atoms with E-state index in [1.807, 2.05) is 0 Å². The zero-order valence-corrected chi connectivity index (χ0v) is 6.69. The van der Waals surface area contributed by atoms with Crippen LogP contribution in [0.4, 0.5) is 13.2 Å². The molecule has 0 saturated carbocycles. The third-order valence-electron chi connectivity index (χ3n) is 1.39. The van der Waals surface area contributed by atoms with Gasteiger partial charge in [-0.25, -0.2) is 0 Å². The molecule has 0 rings (SSSR count). The molecule has 6 heteroatoms. The largest absolute Gasteiger partial charge is 0.449 e. The Bertz CT molecular complexity index is 157. The average Bonchev–Trinajstić information content (AvgIpc) is 1.97. The van der Waals surface area contributed by atoms with Crippen LogP contribution >= 0.6 is 0 Å². The average molecular weight is 175 g/mol. The first-order valence-electron chi connectivity index (χ1n) is 3.57. The van der Waals surface area contributed by atoms with Crippen molar-refractivity contribution in [1.29, 1.82) is 0 Å². The van der Waals surface area contributed by atoms with Gasteiger partial charge in [-0.3, -0.25) is 4.79 Å². The molecule has 0 N–H and O–H groups in total. The van der Waals surface area contributed by atoms with Gasteiger partial charge < -0.3 is 0 Å². The zero-order valence-electron chi connectivity index (χ0n) is 6.69. The van der Waals surface area contributed by atoms with Crippen LogP contribution in [0, 0.1) is 0 Å². The molecule has 65 valence electrons. The molecular weight excluding hydrogens is 167 g/mol.